The molecule has 5 aromatic rings. The number of rotatable bonds is 20. The zero-order valence-electron chi connectivity index (χ0n) is 35.8. The first-order valence-corrected chi connectivity index (χ1v) is 21.8. The lowest BCUT2D eigenvalue weighted by Gasteiger charge is -2.19. The van der Waals surface area contributed by atoms with E-state index in [0.29, 0.717) is 11.4 Å². The molecule has 0 heterocycles. The van der Waals surface area contributed by atoms with E-state index in [0.717, 1.165) is 25.0 Å². The maximum atomic E-state index is 13.7. The van der Waals surface area contributed by atoms with E-state index >= 15 is 0 Å². The highest BCUT2D eigenvalue weighted by Gasteiger charge is 2.28. The lowest BCUT2D eigenvalue weighted by molar-refractivity contribution is -0.127. The van der Waals surface area contributed by atoms with Crippen LogP contribution in [0.3, 0.4) is 0 Å². The minimum atomic E-state index is -1.68. The van der Waals surface area contributed by atoms with E-state index < -0.39 is 47.3 Å². The number of alkyl halides is 2. The summed E-state index contributed by atoms with van der Waals surface area (Å²) in [5, 5.41) is 27.2. The summed E-state index contributed by atoms with van der Waals surface area (Å²) in [4.78, 5) is 79.0. The Morgan fingerprint density at radius 3 is 1.36 bits per heavy atom. The van der Waals surface area contributed by atoms with Crippen LogP contribution in [0.25, 0.3) is 0 Å². The predicted molar refractivity (Wildman–Crippen MR) is 255 cm³/mol. The lowest BCUT2D eigenvalue weighted by Crippen LogP contribution is -2.32. The molecule has 0 bridgehead atoms. The fourth-order valence-corrected chi connectivity index (χ4v) is 6.80. The molecule has 0 aliphatic heterocycles. The third-order valence-corrected chi connectivity index (χ3v) is 10.0. The van der Waals surface area contributed by atoms with Crippen molar-refractivity contribution in [2.75, 3.05) is 34.5 Å². The van der Waals surface area contributed by atoms with Crippen LogP contribution in [-0.2, 0) is 30.9 Å². The molecule has 342 valence electrons. The number of ketones is 2. The Labute approximate surface area is 399 Å². The average Bonchev–Trinajstić information content (AvgIpc) is 3.27. The van der Waals surface area contributed by atoms with Crippen LogP contribution in [0.15, 0.2) is 118 Å². The van der Waals surface area contributed by atoms with Gasteiger partial charge in [0, 0.05) is 62.1 Å². The number of hydrogen-bond acceptors (Lipinski definition) is 12. The molecule has 66 heavy (non-hydrogen) atoms. The van der Waals surface area contributed by atoms with Crippen LogP contribution in [0.5, 0.6) is 11.5 Å². The summed E-state index contributed by atoms with van der Waals surface area (Å²) in [5.41, 5.74) is 3.13. The third-order valence-electron chi connectivity index (χ3n) is 8.99. The standard InChI is InChI=1S/C46H42Cl4N8O8/c1-5-65-38-21-35(53-45(63)40(25(3)59)57-55-36-17-29(15-31(49)19-36)43(61)51-33-11-7-9-27(13-33)23-47)22-39(66-6-2)42(38)54-46(64)41(26(4)60)58-56-37-18-30(16-32(50)20-37)44(62)52-34-12-8-10-28(14-34)24-48/h7-22,40-41H,5-6,23-24H2,1-4H3,(H,51,61)(H,52,62)(H,53,63)(H,54,64). The number of halogens is 4. The van der Waals surface area contributed by atoms with Crippen LogP contribution < -0.4 is 30.7 Å². The van der Waals surface area contributed by atoms with Gasteiger partial charge in [-0.15, -0.1) is 23.2 Å². The summed E-state index contributed by atoms with van der Waals surface area (Å²) in [7, 11) is 0. The number of carbonyl (C=O) groups is 6. The van der Waals surface area contributed by atoms with Crippen molar-refractivity contribution < 1.29 is 38.2 Å². The van der Waals surface area contributed by atoms with E-state index in [9.17, 15) is 28.8 Å². The number of nitrogens with zero attached hydrogens (tertiary/aromatic N) is 4. The van der Waals surface area contributed by atoms with E-state index in [1.54, 1.807) is 50.2 Å². The number of benzene rings is 5. The van der Waals surface area contributed by atoms with Gasteiger partial charge in [-0.25, -0.2) is 0 Å². The van der Waals surface area contributed by atoms with Gasteiger partial charge in [-0.3, -0.25) is 28.8 Å². The Morgan fingerprint density at radius 2 is 0.970 bits per heavy atom. The molecule has 5 rings (SSSR count). The van der Waals surface area contributed by atoms with Gasteiger partial charge in [0.2, 0.25) is 12.1 Å². The van der Waals surface area contributed by atoms with Gasteiger partial charge in [0.05, 0.1) is 24.6 Å². The summed E-state index contributed by atoms with van der Waals surface area (Å²) >= 11 is 24.5. The van der Waals surface area contributed by atoms with E-state index in [-0.39, 0.29) is 80.4 Å². The van der Waals surface area contributed by atoms with Gasteiger partial charge in [0.25, 0.3) is 23.6 Å². The normalized spacial score (nSPS) is 12.0. The van der Waals surface area contributed by atoms with Gasteiger partial charge in [-0.1, -0.05) is 47.5 Å². The molecule has 0 aromatic heterocycles. The minimum absolute atomic E-state index is 0.00143. The Morgan fingerprint density at radius 1 is 0.545 bits per heavy atom. The Balaban J connectivity index is 1.34. The molecule has 5 aromatic carbocycles. The maximum absolute atomic E-state index is 13.7. The Hall–Kier alpha value is -6.72. The first kappa shape index (κ1) is 50.3. The third kappa shape index (κ3) is 14.1. The smallest absolute Gasteiger partial charge is 0.259 e. The number of anilines is 4. The molecule has 0 spiro atoms. The molecule has 16 nitrogen and oxygen atoms in total. The van der Waals surface area contributed by atoms with E-state index in [1.807, 2.05) is 12.1 Å². The number of azo groups is 2. The number of carbonyl (C=O) groups excluding carboxylic acids is 6. The molecular formula is C46H42Cl4N8O8. The minimum Gasteiger partial charge on any atom is -0.491 e. The van der Waals surface area contributed by atoms with Crippen molar-refractivity contribution in [3.63, 3.8) is 0 Å². The van der Waals surface area contributed by atoms with Crippen molar-refractivity contribution in [3.05, 3.63) is 129 Å². The largest absolute Gasteiger partial charge is 0.491 e. The van der Waals surface area contributed by atoms with Crippen molar-refractivity contribution in [1.82, 2.24) is 0 Å². The van der Waals surface area contributed by atoms with Gasteiger partial charge in [0.1, 0.15) is 17.2 Å². The monoisotopic (exact) mass is 974 g/mol. The summed E-state index contributed by atoms with van der Waals surface area (Å²) in [6.07, 6.45) is 0. The molecule has 0 aliphatic rings. The highest BCUT2D eigenvalue weighted by molar-refractivity contribution is 6.31. The summed E-state index contributed by atoms with van der Waals surface area (Å²) in [5.74, 6) is -3.59. The first-order valence-electron chi connectivity index (χ1n) is 20.0. The molecule has 0 fully saturated rings. The van der Waals surface area contributed by atoms with Gasteiger partial charge < -0.3 is 30.7 Å². The number of nitrogens with one attached hydrogen (secondary N) is 4. The van der Waals surface area contributed by atoms with Crippen LogP contribution in [0, 0.1) is 0 Å². The van der Waals surface area contributed by atoms with Gasteiger partial charge in [0.15, 0.2) is 11.6 Å². The van der Waals surface area contributed by atoms with Gasteiger partial charge >= 0.3 is 0 Å². The molecule has 2 unspecified atom stereocenters. The van der Waals surface area contributed by atoms with Crippen molar-refractivity contribution in [2.45, 2.75) is 51.5 Å². The van der Waals surface area contributed by atoms with E-state index in [2.05, 4.69) is 41.7 Å². The molecule has 2 atom stereocenters. The quantitative estimate of drug-likeness (QED) is 0.0333. The molecule has 0 saturated carbocycles. The van der Waals surface area contributed by atoms with E-state index in [1.165, 1.54) is 48.5 Å². The highest BCUT2D eigenvalue weighted by Crippen LogP contribution is 2.39. The second-order valence-corrected chi connectivity index (χ2v) is 15.5. The summed E-state index contributed by atoms with van der Waals surface area (Å²) in [6.45, 7) is 5.84. The van der Waals surface area contributed by atoms with Crippen LogP contribution in [0.2, 0.25) is 10.0 Å². The maximum Gasteiger partial charge on any atom is 0.259 e. The van der Waals surface area contributed by atoms with Crippen LogP contribution in [-0.4, -0.2) is 60.5 Å². The molecule has 4 amide bonds. The van der Waals surface area contributed by atoms with Crippen molar-refractivity contribution in [1.29, 1.82) is 0 Å². The topological polar surface area (TPSA) is 218 Å². The van der Waals surface area contributed by atoms with Crippen LogP contribution in [0.4, 0.5) is 34.1 Å². The molecule has 20 heteroatoms. The van der Waals surface area contributed by atoms with Crippen LogP contribution in [0.1, 0.15) is 59.5 Å². The fourth-order valence-electron chi connectivity index (χ4n) is 6.01. The first-order chi connectivity index (χ1) is 31.6. The van der Waals surface area contributed by atoms with Crippen LogP contribution >= 0.6 is 46.4 Å². The molecule has 4 N–H and O–H groups in total. The summed E-state index contributed by atoms with van der Waals surface area (Å²) < 4.78 is 11.6. The molecule has 0 saturated heterocycles. The lowest BCUT2D eigenvalue weighted by atomic mass is 10.1. The highest BCUT2D eigenvalue weighted by atomic mass is 35.5. The average molecular weight is 977 g/mol. The molecule has 0 radical (unpaired) electrons. The number of ether oxygens (including phenoxy) is 2. The second kappa shape index (κ2) is 24.0. The van der Waals surface area contributed by atoms with Crippen molar-refractivity contribution in [3.8, 4) is 11.5 Å². The molecular weight excluding hydrogens is 934 g/mol. The zero-order chi connectivity index (χ0) is 47.9. The summed E-state index contributed by atoms with van der Waals surface area (Å²) in [6, 6.07) is 21.8. The Bertz CT molecular complexity index is 2690. The number of amides is 4. The number of hydrogen-bond donors (Lipinski definition) is 4. The van der Waals surface area contributed by atoms with Crippen molar-refractivity contribution in [2.24, 2.45) is 20.5 Å². The van der Waals surface area contributed by atoms with Gasteiger partial charge in [-0.2, -0.15) is 20.5 Å². The second-order valence-electron chi connectivity index (χ2n) is 14.1. The Kier molecular flexibility index (Phi) is 18.3. The van der Waals surface area contributed by atoms with E-state index in [4.69, 9.17) is 55.9 Å². The number of Topliss-reactive ketones (excluding diaryl/α,β-unsaturated/α-hetero) is 2. The van der Waals surface area contributed by atoms with Crippen molar-refractivity contribution >= 4 is 116 Å². The fraction of sp³-hybridized carbons (Fsp3) is 0.217. The van der Waals surface area contributed by atoms with Gasteiger partial charge in [-0.05, 0) is 99.5 Å². The molecule has 0 aliphatic carbocycles. The predicted octanol–water partition coefficient (Wildman–Crippen LogP) is 11.1. The zero-order valence-corrected chi connectivity index (χ0v) is 38.8. The SMILES string of the molecule is CCOc1cc(NC(=O)C(N=Nc2cc(Cl)cc(C(=O)Nc3cccc(CCl)c3)c2)C(C)=O)cc(OCC)c1NC(=O)C(N=Nc1cc(Cl)cc(C(=O)Nc2cccc(CCl)c2)c1)C(C)=O.